The zero-order chi connectivity index (χ0) is 13.7. The van der Waals surface area contributed by atoms with Crippen molar-refractivity contribution in [2.75, 3.05) is 5.73 Å². The minimum atomic E-state index is 0.179. The lowest BCUT2D eigenvalue weighted by Gasteiger charge is -2.07. The molecular weight excluding hydrogens is 240 g/mol. The second-order valence-corrected chi connectivity index (χ2v) is 3.99. The molecule has 0 saturated carbocycles. The molecule has 2 aromatic rings. The molecule has 0 fully saturated rings. The highest BCUT2D eigenvalue weighted by atomic mass is 16.5. The zero-order valence-electron chi connectivity index (χ0n) is 10.6. The van der Waals surface area contributed by atoms with Gasteiger partial charge in [-0.15, -0.1) is 0 Å². The number of nitrogens with zero attached hydrogens (tertiary/aromatic N) is 3. The summed E-state index contributed by atoms with van der Waals surface area (Å²) in [6.45, 7) is 2.31. The van der Waals surface area contributed by atoms with Gasteiger partial charge in [-0.3, -0.25) is 0 Å². The Bertz CT molecular complexity index is 619. The van der Waals surface area contributed by atoms with Crippen LogP contribution < -0.4 is 10.5 Å². The quantitative estimate of drug-likeness (QED) is 0.902. The Morgan fingerprint density at radius 3 is 2.95 bits per heavy atom. The van der Waals surface area contributed by atoms with Gasteiger partial charge in [0.2, 0.25) is 0 Å². The molecule has 0 radical (unpaired) electrons. The molecule has 0 saturated heterocycles. The molecule has 0 atom stereocenters. The zero-order valence-corrected chi connectivity index (χ0v) is 10.6. The molecule has 2 N–H and O–H groups in total. The van der Waals surface area contributed by atoms with Crippen molar-refractivity contribution in [1.29, 1.82) is 5.26 Å². The first kappa shape index (κ1) is 12.8. The van der Waals surface area contributed by atoms with E-state index in [0.717, 1.165) is 12.2 Å². The van der Waals surface area contributed by atoms with E-state index >= 15 is 0 Å². The molecule has 1 heterocycles. The molecule has 5 nitrogen and oxygen atoms in total. The summed E-state index contributed by atoms with van der Waals surface area (Å²) in [4.78, 5) is 8.05. The van der Waals surface area contributed by atoms with Crippen molar-refractivity contribution in [3.8, 4) is 11.8 Å². The highest BCUT2D eigenvalue weighted by Crippen LogP contribution is 2.15. The number of rotatable bonds is 4. The van der Waals surface area contributed by atoms with Crippen molar-refractivity contribution in [3.63, 3.8) is 0 Å². The van der Waals surface area contributed by atoms with E-state index in [1.165, 1.54) is 11.8 Å². The van der Waals surface area contributed by atoms with E-state index in [1.54, 1.807) is 0 Å². The van der Waals surface area contributed by atoms with Crippen LogP contribution in [0.4, 0.5) is 5.82 Å². The lowest BCUT2D eigenvalue weighted by Crippen LogP contribution is -2.05. The molecule has 2 rings (SSSR count). The molecule has 0 spiro atoms. The van der Waals surface area contributed by atoms with E-state index in [9.17, 15) is 0 Å². The Balaban J connectivity index is 2.06. The van der Waals surface area contributed by atoms with E-state index in [0.29, 0.717) is 5.82 Å². The largest absolute Gasteiger partial charge is 0.486 e. The van der Waals surface area contributed by atoms with Gasteiger partial charge >= 0.3 is 0 Å². The maximum atomic E-state index is 8.73. The van der Waals surface area contributed by atoms with E-state index in [1.807, 2.05) is 30.3 Å². The normalized spacial score (nSPS) is 9.89. The van der Waals surface area contributed by atoms with Gasteiger partial charge in [-0.05, 0) is 24.1 Å². The Hall–Kier alpha value is -2.61. The van der Waals surface area contributed by atoms with Crippen molar-refractivity contribution in [2.45, 2.75) is 20.0 Å². The van der Waals surface area contributed by atoms with Crippen molar-refractivity contribution < 1.29 is 4.74 Å². The Morgan fingerprint density at radius 2 is 2.26 bits per heavy atom. The van der Waals surface area contributed by atoms with Gasteiger partial charge in [-0.1, -0.05) is 19.1 Å². The smallest absolute Gasteiger partial charge is 0.168 e. The maximum absolute atomic E-state index is 8.73. The molecule has 0 aliphatic heterocycles. The van der Waals surface area contributed by atoms with Crippen LogP contribution in [0.3, 0.4) is 0 Å². The SMILES string of the molecule is CCc1cccc(OCc2ncc(C#N)c(N)n2)c1. The van der Waals surface area contributed by atoms with Crippen LogP contribution in [-0.4, -0.2) is 9.97 Å². The lowest BCUT2D eigenvalue weighted by molar-refractivity contribution is 0.295. The van der Waals surface area contributed by atoms with Crippen molar-refractivity contribution in [3.05, 3.63) is 47.4 Å². The van der Waals surface area contributed by atoms with Crippen molar-refractivity contribution in [2.24, 2.45) is 0 Å². The number of ether oxygens (including phenoxy) is 1. The Morgan fingerprint density at radius 1 is 1.42 bits per heavy atom. The third-order valence-electron chi connectivity index (χ3n) is 2.66. The molecule has 0 bridgehead atoms. The molecule has 0 aliphatic carbocycles. The molecule has 0 unspecified atom stereocenters. The summed E-state index contributed by atoms with van der Waals surface area (Å²) in [5.41, 5.74) is 7.10. The van der Waals surface area contributed by atoms with Gasteiger partial charge in [0, 0.05) is 0 Å². The summed E-state index contributed by atoms with van der Waals surface area (Å²) in [7, 11) is 0. The van der Waals surface area contributed by atoms with Crippen LogP contribution in [0.5, 0.6) is 5.75 Å². The summed E-state index contributed by atoms with van der Waals surface area (Å²) in [5.74, 6) is 1.41. The predicted octanol–water partition coefficient (Wildman–Crippen LogP) is 2.07. The number of aromatic nitrogens is 2. The molecule has 96 valence electrons. The number of nitriles is 1. The highest BCUT2D eigenvalue weighted by Gasteiger charge is 2.04. The van der Waals surface area contributed by atoms with Gasteiger partial charge < -0.3 is 10.5 Å². The van der Waals surface area contributed by atoms with E-state index < -0.39 is 0 Å². The third kappa shape index (κ3) is 3.19. The fourth-order valence-corrected chi connectivity index (χ4v) is 1.59. The van der Waals surface area contributed by atoms with Gasteiger partial charge in [-0.25, -0.2) is 9.97 Å². The first-order valence-corrected chi connectivity index (χ1v) is 5.96. The van der Waals surface area contributed by atoms with E-state index in [-0.39, 0.29) is 18.0 Å². The van der Waals surface area contributed by atoms with Crippen LogP contribution in [0.1, 0.15) is 23.9 Å². The van der Waals surface area contributed by atoms with Crippen molar-refractivity contribution in [1.82, 2.24) is 9.97 Å². The van der Waals surface area contributed by atoms with Crippen LogP contribution in [0.25, 0.3) is 0 Å². The standard InChI is InChI=1S/C14H14N4O/c1-2-10-4-3-5-12(6-10)19-9-13-17-8-11(7-15)14(16)18-13/h3-6,8H,2,9H2,1H3,(H2,16,17,18). The molecular formula is C14H14N4O. The molecule has 0 aliphatic rings. The van der Waals surface area contributed by atoms with E-state index in [2.05, 4.69) is 16.9 Å². The molecule has 19 heavy (non-hydrogen) atoms. The third-order valence-corrected chi connectivity index (χ3v) is 2.66. The summed E-state index contributed by atoms with van der Waals surface area (Å²) in [6.07, 6.45) is 2.36. The maximum Gasteiger partial charge on any atom is 0.168 e. The first-order chi connectivity index (χ1) is 9.22. The predicted molar refractivity (Wildman–Crippen MR) is 71.3 cm³/mol. The number of benzene rings is 1. The van der Waals surface area contributed by atoms with Crippen LogP contribution in [-0.2, 0) is 13.0 Å². The molecule has 1 aromatic heterocycles. The number of aryl methyl sites for hydroxylation is 1. The molecule has 5 heteroatoms. The molecule has 1 aromatic carbocycles. The molecule has 0 amide bonds. The number of hydrogen-bond donors (Lipinski definition) is 1. The van der Waals surface area contributed by atoms with Gasteiger partial charge in [0.05, 0.1) is 6.20 Å². The second kappa shape index (κ2) is 5.83. The number of hydrogen-bond acceptors (Lipinski definition) is 5. The van der Waals surface area contributed by atoms with E-state index in [4.69, 9.17) is 15.7 Å². The summed E-state index contributed by atoms with van der Waals surface area (Å²) in [5, 5.41) is 8.73. The minimum Gasteiger partial charge on any atom is -0.486 e. The summed E-state index contributed by atoms with van der Waals surface area (Å²) < 4.78 is 5.60. The lowest BCUT2D eigenvalue weighted by atomic mass is 10.2. The van der Waals surface area contributed by atoms with Gasteiger partial charge in [0.25, 0.3) is 0 Å². The summed E-state index contributed by atoms with van der Waals surface area (Å²) >= 11 is 0. The van der Waals surface area contributed by atoms with Gasteiger partial charge in [0.15, 0.2) is 5.82 Å². The minimum absolute atomic E-state index is 0.179. The topological polar surface area (TPSA) is 84.8 Å². The monoisotopic (exact) mass is 254 g/mol. The fraction of sp³-hybridized carbons (Fsp3) is 0.214. The number of anilines is 1. The van der Waals surface area contributed by atoms with Crippen LogP contribution in [0.15, 0.2) is 30.5 Å². The number of nitrogen functional groups attached to an aromatic ring is 1. The van der Waals surface area contributed by atoms with Crippen LogP contribution in [0.2, 0.25) is 0 Å². The van der Waals surface area contributed by atoms with Crippen LogP contribution >= 0.6 is 0 Å². The first-order valence-electron chi connectivity index (χ1n) is 5.96. The second-order valence-electron chi connectivity index (χ2n) is 3.99. The number of nitrogens with two attached hydrogens (primary N) is 1. The van der Waals surface area contributed by atoms with Gasteiger partial charge in [-0.2, -0.15) is 5.26 Å². The Labute approximate surface area is 111 Å². The van der Waals surface area contributed by atoms with Crippen LogP contribution in [0, 0.1) is 11.3 Å². The van der Waals surface area contributed by atoms with Gasteiger partial charge in [0.1, 0.15) is 29.8 Å². The average molecular weight is 254 g/mol. The highest BCUT2D eigenvalue weighted by molar-refractivity contribution is 5.46. The summed E-state index contributed by atoms with van der Waals surface area (Å²) in [6, 6.07) is 9.77. The average Bonchev–Trinajstić information content (AvgIpc) is 2.45. The van der Waals surface area contributed by atoms with Crippen molar-refractivity contribution >= 4 is 5.82 Å². The fourth-order valence-electron chi connectivity index (χ4n) is 1.59. The Kier molecular flexibility index (Phi) is 3.94.